The van der Waals surface area contributed by atoms with Crippen molar-refractivity contribution in [2.24, 2.45) is 0 Å². The highest BCUT2D eigenvalue weighted by Crippen LogP contribution is 2.55. The van der Waals surface area contributed by atoms with Crippen molar-refractivity contribution >= 4 is 43.8 Å². The summed E-state index contributed by atoms with van der Waals surface area (Å²) in [6.07, 6.45) is 0.122. The van der Waals surface area contributed by atoms with Crippen LogP contribution in [0.1, 0.15) is 31.9 Å². The molecular weight excluding hydrogens is 516 g/mol. The number of rotatable bonds is 8. The second-order valence-corrected chi connectivity index (χ2v) is 12.8. The van der Waals surface area contributed by atoms with E-state index in [1.165, 1.54) is 10.9 Å². The molecule has 17 heteroatoms. The second kappa shape index (κ2) is 9.70. The van der Waals surface area contributed by atoms with Crippen molar-refractivity contribution in [2.45, 2.75) is 56.3 Å². The first-order valence-electron chi connectivity index (χ1n) is 10.5. The first-order valence-corrected chi connectivity index (χ1v) is 14.5. The number of aromatic nitrogens is 4. The fourth-order valence-electron chi connectivity index (χ4n) is 4.33. The van der Waals surface area contributed by atoms with Crippen molar-refractivity contribution in [1.82, 2.24) is 19.5 Å². The number of ether oxygens (including phenoxy) is 1. The molecule has 190 valence electrons. The van der Waals surface area contributed by atoms with Crippen LogP contribution in [-0.2, 0) is 18.4 Å². The van der Waals surface area contributed by atoms with Gasteiger partial charge in [0.05, 0.1) is 12.9 Å². The van der Waals surface area contributed by atoms with Crippen LogP contribution in [0.25, 0.3) is 11.2 Å². The van der Waals surface area contributed by atoms with Gasteiger partial charge in [-0.1, -0.05) is 12.8 Å². The molecule has 2 aliphatic rings. The Morgan fingerprint density at radius 1 is 1.21 bits per heavy atom. The minimum atomic E-state index is -4.81. The lowest BCUT2D eigenvalue weighted by atomic mass is 10.1. The summed E-state index contributed by atoms with van der Waals surface area (Å²) in [5, 5.41) is 20.9. The van der Waals surface area contributed by atoms with Gasteiger partial charge < -0.3 is 39.1 Å². The highest BCUT2D eigenvalue weighted by atomic mass is 35.5. The van der Waals surface area contributed by atoms with Crippen molar-refractivity contribution in [2.75, 3.05) is 24.5 Å². The standard InChI is InChI=1S/C17H26ClN5O9P2/c1-22(9-4-2-3-5-9)14-11-15(21-17(18)20-14)23(7-19-11)16-13(25)12(24)10(32-16)6-31-34(29,30)8-33(26,27)28/h7,9-10,12-13,16,24-25H,2-6,8H2,1H3,(H,29,30)(H2,26,27,28)/t10-,12-,13-,16-/m1/s1. The van der Waals surface area contributed by atoms with Gasteiger partial charge in [-0.05, 0) is 24.4 Å². The smallest absolute Gasteiger partial charge is 0.340 e. The topological polar surface area (TPSA) is 201 Å². The predicted octanol–water partition coefficient (Wildman–Crippen LogP) is 0.815. The van der Waals surface area contributed by atoms with Crippen LogP contribution in [0.5, 0.6) is 0 Å². The van der Waals surface area contributed by atoms with Gasteiger partial charge in [-0.25, -0.2) is 4.98 Å². The molecule has 2 fully saturated rings. The Morgan fingerprint density at radius 3 is 2.53 bits per heavy atom. The summed E-state index contributed by atoms with van der Waals surface area (Å²) in [5.74, 6) is -0.861. The summed E-state index contributed by atoms with van der Waals surface area (Å²) in [7, 11) is -7.58. The third kappa shape index (κ3) is 5.46. The van der Waals surface area contributed by atoms with Crippen molar-refractivity contribution in [3.05, 3.63) is 11.6 Å². The van der Waals surface area contributed by atoms with E-state index in [2.05, 4.69) is 15.0 Å². The number of fused-ring (bicyclic) bond motifs is 1. The predicted molar refractivity (Wildman–Crippen MR) is 120 cm³/mol. The maximum absolute atomic E-state index is 11.9. The molecule has 0 amide bonds. The summed E-state index contributed by atoms with van der Waals surface area (Å²) >= 11 is 6.17. The van der Waals surface area contributed by atoms with E-state index in [1.807, 2.05) is 11.9 Å². The minimum absolute atomic E-state index is 0.0410. The number of aliphatic hydroxyl groups excluding tert-OH is 2. The molecule has 34 heavy (non-hydrogen) atoms. The van der Waals surface area contributed by atoms with Crippen LogP contribution >= 0.6 is 26.8 Å². The molecule has 0 aromatic carbocycles. The SMILES string of the molecule is CN(c1nc(Cl)nc2c1ncn2[C@@H]1O[C@H](COP(=O)(O)CP(=O)(O)O)[C@@H](O)[C@H]1O)C1CCCC1. The van der Waals surface area contributed by atoms with Crippen LogP contribution in [0.4, 0.5) is 5.82 Å². The van der Waals surface area contributed by atoms with E-state index in [0.29, 0.717) is 11.3 Å². The molecule has 0 spiro atoms. The zero-order valence-corrected chi connectivity index (χ0v) is 20.6. The Kier molecular flexibility index (Phi) is 7.39. The van der Waals surface area contributed by atoms with Crippen LogP contribution in [0.3, 0.4) is 0 Å². The molecule has 5 atom stereocenters. The van der Waals surface area contributed by atoms with Crippen molar-refractivity contribution in [1.29, 1.82) is 0 Å². The molecule has 1 aliphatic carbocycles. The fraction of sp³-hybridized carbons (Fsp3) is 0.706. The third-order valence-corrected chi connectivity index (χ3v) is 9.62. The number of nitrogens with zero attached hydrogens (tertiary/aromatic N) is 5. The minimum Gasteiger partial charge on any atom is -0.387 e. The zero-order valence-electron chi connectivity index (χ0n) is 18.1. The van der Waals surface area contributed by atoms with Gasteiger partial charge in [-0.15, -0.1) is 0 Å². The summed E-state index contributed by atoms with van der Waals surface area (Å²) in [6.45, 7) is -0.694. The lowest BCUT2D eigenvalue weighted by molar-refractivity contribution is -0.0483. The molecule has 1 aliphatic heterocycles. The summed E-state index contributed by atoms with van der Waals surface area (Å²) < 4.78 is 34.7. The highest BCUT2D eigenvalue weighted by molar-refractivity contribution is 7.70. The van der Waals surface area contributed by atoms with Gasteiger partial charge in [-0.3, -0.25) is 13.7 Å². The molecule has 4 rings (SSSR count). The van der Waals surface area contributed by atoms with E-state index in [4.69, 9.17) is 30.6 Å². The van der Waals surface area contributed by atoms with Crippen molar-refractivity contribution in [3.8, 4) is 0 Å². The lowest BCUT2D eigenvalue weighted by Gasteiger charge is -2.25. The molecule has 2 aromatic heterocycles. The zero-order chi connectivity index (χ0) is 24.8. The third-order valence-electron chi connectivity index (χ3n) is 6.00. The maximum atomic E-state index is 11.9. The first kappa shape index (κ1) is 25.9. The number of hydrogen-bond donors (Lipinski definition) is 5. The van der Waals surface area contributed by atoms with Gasteiger partial charge in [0.25, 0.3) is 0 Å². The largest absolute Gasteiger partial charge is 0.387 e. The van der Waals surface area contributed by atoms with Crippen LogP contribution in [0.15, 0.2) is 6.33 Å². The van der Waals surface area contributed by atoms with E-state index in [-0.39, 0.29) is 17.0 Å². The molecule has 0 bridgehead atoms. The van der Waals surface area contributed by atoms with E-state index >= 15 is 0 Å². The summed E-state index contributed by atoms with van der Waals surface area (Å²) in [6, 6.07) is 0.276. The Balaban J connectivity index is 1.56. The molecule has 1 saturated heterocycles. The fourth-order valence-corrected chi connectivity index (χ4v) is 7.06. The lowest BCUT2D eigenvalue weighted by Crippen LogP contribution is -2.33. The monoisotopic (exact) mass is 541 g/mol. The molecule has 3 heterocycles. The van der Waals surface area contributed by atoms with Crippen molar-refractivity contribution < 1.29 is 43.3 Å². The molecule has 1 unspecified atom stereocenters. The van der Waals surface area contributed by atoms with E-state index in [0.717, 1.165) is 25.7 Å². The Labute approximate surface area is 199 Å². The van der Waals surface area contributed by atoms with Gasteiger partial charge in [0.1, 0.15) is 18.3 Å². The average Bonchev–Trinajstić information content (AvgIpc) is 3.45. The van der Waals surface area contributed by atoms with Crippen LogP contribution in [0, 0.1) is 0 Å². The molecule has 0 radical (unpaired) electrons. The number of hydrogen-bond acceptors (Lipinski definition) is 10. The molecule has 2 aromatic rings. The quantitative estimate of drug-likeness (QED) is 0.232. The van der Waals surface area contributed by atoms with Crippen LogP contribution in [0.2, 0.25) is 5.28 Å². The van der Waals surface area contributed by atoms with Gasteiger partial charge in [-0.2, -0.15) is 9.97 Å². The average molecular weight is 542 g/mol. The molecule has 14 nitrogen and oxygen atoms in total. The van der Waals surface area contributed by atoms with E-state index in [1.54, 1.807) is 0 Å². The number of aliphatic hydroxyl groups is 2. The van der Waals surface area contributed by atoms with Crippen LogP contribution in [-0.4, -0.2) is 88.3 Å². The number of imidazole rings is 1. The Hall–Kier alpha value is -1.18. The van der Waals surface area contributed by atoms with Crippen LogP contribution < -0.4 is 4.90 Å². The van der Waals surface area contributed by atoms with Gasteiger partial charge in [0, 0.05) is 13.1 Å². The molecule has 5 N–H and O–H groups in total. The van der Waals surface area contributed by atoms with E-state index in [9.17, 15) is 24.2 Å². The van der Waals surface area contributed by atoms with E-state index < -0.39 is 52.2 Å². The summed E-state index contributed by atoms with van der Waals surface area (Å²) in [5.41, 5.74) is 0.678. The van der Waals surface area contributed by atoms with Gasteiger partial charge >= 0.3 is 15.2 Å². The number of halogens is 1. The Bertz CT molecular complexity index is 1140. The second-order valence-electron chi connectivity index (χ2n) is 8.48. The molecule has 1 saturated carbocycles. The Morgan fingerprint density at radius 2 is 1.88 bits per heavy atom. The first-order chi connectivity index (χ1) is 15.9. The van der Waals surface area contributed by atoms with Crippen molar-refractivity contribution in [3.63, 3.8) is 0 Å². The molecular formula is C17H26ClN5O9P2. The number of anilines is 1. The normalized spacial score (nSPS) is 28.0. The van der Waals surface area contributed by atoms with Gasteiger partial charge in [0.15, 0.2) is 29.1 Å². The summed E-state index contributed by atoms with van der Waals surface area (Å²) in [4.78, 5) is 42.4. The highest BCUT2D eigenvalue weighted by Gasteiger charge is 2.46. The maximum Gasteiger partial charge on any atom is 0.340 e. The van der Waals surface area contributed by atoms with Gasteiger partial charge in [0.2, 0.25) is 5.28 Å².